The van der Waals surface area contributed by atoms with Gasteiger partial charge in [-0.05, 0) is 29.8 Å². The minimum Gasteiger partial charge on any atom is -0.497 e. The van der Waals surface area contributed by atoms with Gasteiger partial charge in [0.15, 0.2) is 0 Å². The number of aromatic nitrogens is 1. The maximum absolute atomic E-state index is 5.52. The molecule has 1 heterocycles. The number of hydrogen-bond acceptors (Lipinski definition) is 4. The molecule has 1 aromatic carbocycles. The largest absolute Gasteiger partial charge is 0.497 e. The van der Waals surface area contributed by atoms with Crippen molar-refractivity contribution in [1.82, 2.24) is 4.98 Å². The first kappa shape index (κ1) is 13.3. The predicted octanol–water partition coefficient (Wildman–Crippen LogP) is 2.34. The Morgan fingerprint density at radius 3 is 2.84 bits per heavy atom. The van der Waals surface area contributed by atoms with Crippen LogP contribution in [-0.2, 0) is 6.54 Å². The van der Waals surface area contributed by atoms with Gasteiger partial charge >= 0.3 is 0 Å². The summed E-state index contributed by atoms with van der Waals surface area (Å²) >= 11 is 4.88. The topological polar surface area (TPSA) is 60.2 Å². The van der Waals surface area contributed by atoms with E-state index in [-0.39, 0.29) is 0 Å². The van der Waals surface area contributed by atoms with Crippen LogP contribution in [0.3, 0.4) is 0 Å². The van der Waals surface area contributed by atoms with E-state index in [4.69, 9.17) is 22.7 Å². The molecule has 0 saturated heterocycles. The van der Waals surface area contributed by atoms with E-state index >= 15 is 0 Å². The summed E-state index contributed by atoms with van der Waals surface area (Å²) < 4.78 is 5.18. The van der Waals surface area contributed by atoms with Gasteiger partial charge in [0.25, 0.3) is 0 Å². The van der Waals surface area contributed by atoms with Crippen LogP contribution < -0.4 is 15.8 Å². The lowest BCUT2D eigenvalue weighted by molar-refractivity contribution is 0.414. The van der Waals surface area contributed by atoms with E-state index in [1.54, 1.807) is 13.3 Å². The number of benzene rings is 1. The Kier molecular flexibility index (Phi) is 4.30. The molecule has 0 amide bonds. The summed E-state index contributed by atoms with van der Waals surface area (Å²) in [5.41, 5.74) is 7.41. The molecule has 0 unspecified atom stereocenters. The van der Waals surface area contributed by atoms with Gasteiger partial charge in [-0.3, -0.25) is 0 Å². The number of thiocarbonyl (C=S) groups is 1. The van der Waals surface area contributed by atoms with Crippen molar-refractivity contribution in [3.8, 4) is 5.75 Å². The highest BCUT2D eigenvalue weighted by atomic mass is 32.1. The number of rotatable bonds is 5. The highest BCUT2D eigenvalue weighted by Gasteiger charge is 1.99. The highest BCUT2D eigenvalue weighted by Crippen LogP contribution is 2.14. The number of hydrogen-bond donors (Lipinski definition) is 2. The first-order valence-electron chi connectivity index (χ1n) is 5.81. The number of pyridine rings is 1. The molecule has 0 fully saturated rings. The van der Waals surface area contributed by atoms with Crippen molar-refractivity contribution in [2.45, 2.75) is 6.54 Å². The van der Waals surface area contributed by atoms with Crippen LogP contribution in [0.5, 0.6) is 5.75 Å². The third-order valence-electron chi connectivity index (χ3n) is 2.66. The standard InChI is InChI=1S/C14H15N3OS/c1-18-12-4-2-3-10(7-12)8-16-13-6-5-11(9-17-13)14(15)19/h2-7,9H,8H2,1H3,(H2,15,19)(H,16,17). The van der Waals surface area contributed by atoms with E-state index in [0.717, 1.165) is 22.7 Å². The Balaban J connectivity index is 1.99. The van der Waals surface area contributed by atoms with E-state index in [0.29, 0.717) is 11.5 Å². The molecule has 19 heavy (non-hydrogen) atoms. The second-order valence-corrected chi connectivity index (χ2v) is 4.44. The fourth-order valence-electron chi connectivity index (χ4n) is 1.62. The molecule has 0 aliphatic carbocycles. The van der Waals surface area contributed by atoms with Gasteiger partial charge in [-0.15, -0.1) is 0 Å². The summed E-state index contributed by atoms with van der Waals surface area (Å²) in [5.74, 6) is 1.62. The molecular weight excluding hydrogens is 258 g/mol. The van der Waals surface area contributed by atoms with Crippen LogP contribution in [0.4, 0.5) is 5.82 Å². The van der Waals surface area contributed by atoms with Crippen LogP contribution in [0.1, 0.15) is 11.1 Å². The minimum absolute atomic E-state index is 0.354. The lowest BCUT2D eigenvalue weighted by Gasteiger charge is -2.07. The van der Waals surface area contributed by atoms with Crippen LogP contribution in [0.25, 0.3) is 0 Å². The zero-order valence-corrected chi connectivity index (χ0v) is 11.4. The van der Waals surface area contributed by atoms with Gasteiger partial charge in [0.05, 0.1) is 7.11 Å². The molecule has 3 N–H and O–H groups in total. The lowest BCUT2D eigenvalue weighted by Crippen LogP contribution is -2.10. The number of nitrogens with one attached hydrogen (secondary N) is 1. The number of methoxy groups -OCH3 is 1. The molecule has 1 aromatic heterocycles. The van der Waals surface area contributed by atoms with Crippen molar-refractivity contribution in [2.24, 2.45) is 5.73 Å². The van der Waals surface area contributed by atoms with Crippen molar-refractivity contribution in [3.05, 3.63) is 53.7 Å². The molecular formula is C14H15N3OS. The highest BCUT2D eigenvalue weighted by molar-refractivity contribution is 7.80. The van der Waals surface area contributed by atoms with E-state index in [1.807, 2.05) is 36.4 Å². The zero-order valence-electron chi connectivity index (χ0n) is 10.6. The second-order valence-electron chi connectivity index (χ2n) is 4.00. The summed E-state index contributed by atoms with van der Waals surface area (Å²) in [6.45, 7) is 0.677. The Bertz CT molecular complexity index is 569. The normalized spacial score (nSPS) is 9.95. The molecule has 5 heteroatoms. The van der Waals surface area contributed by atoms with E-state index in [2.05, 4.69) is 10.3 Å². The molecule has 0 atom stereocenters. The predicted molar refractivity (Wildman–Crippen MR) is 80.4 cm³/mol. The van der Waals surface area contributed by atoms with Crippen LogP contribution in [-0.4, -0.2) is 17.1 Å². The Morgan fingerprint density at radius 2 is 2.21 bits per heavy atom. The van der Waals surface area contributed by atoms with E-state index < -0.39 is 0 Å². The van der Waals surface area contributed by atoms with Gasteiger partial charge in [0.1, 0.15) is 16.6 Å². The first-order chi connectivity index (χ1) is 9.19. The third kappa shape index (κ3) is 3.66. The number of nitrogens with two attached hydrogens (primary N) is 1. The summed E-state index contributed by atoms with van der Waals surface area (Å²) in [6.07, 6.45) is 1.66. The zero-order chi connectivity index (χ0) is 13.7. The van der Waals surface area contributed by atoms with Crippen molar-refractivity contribution in [3.63, 3.8) is 0 Å². The Hall–Kier alpha value is -2.14. The van der Waals surface area contributed by atoms with Crippen LogP contribution in [0, 0.1) is 0 Å². The molecule has 2 aromatic rings. The molecule has 98 valence electrons. The van der Waals surface area contributed by atoms with E-state index in [1.165, 1.54) is 0 Å². The second kappa shape index (κ2) is 6.15. The van der Waals surface area contributed by atoms with Crippen LogP contribution in [0.15, 0.2) is 42.6 Å². The summed E-state index contributed by atoms with van der Waals surface area (Å²) in [4.78, 5) is 4.60. The quantitative estimate of drug-likeness (QED) is 0.819. The maximum Gasteiger partial charge on any atom is 0.126 e. The molecule has 0 bridgehead atoms. The summed E-state index contributed by atoms with van der Waals surface area (Å²) in [6, 6.07) is 11.6. The molecule has 0 aliphatic heterocycles. The van der Waals surface area contributed by atoms with Crippen molar-refractivity contribution in [2.75, 3.05) is 12.4 Å². The van der Waals surface area contributed by atoms with Crippen molar-refractivity contribution < 1.29 is 4.74 Å². The van der Waals surface area contributed by atoms with E-state index in [9.17, 15) is 0 Å². The number of nitrogens with zero attached hydrogens (tertiary/aromatic N) is 1. The van der Waals surface area contributed by atoms with Crippen LogP contribution in [0.2, 0.25) is 0 Å². The molecule has 2 rings (SSSR count). The number of anilines is 1. The molecule has 0 saturated carbocycles. The molecule has 0 radical (unpaired) electrons. The minimum atomic E-state index is 0.354. The maximum atomic E-state index is 5.52. The fourth-order valence-corrected chi connectivity index (χ4v) is 1.74. The fraction of sp³-hybridized carbons (Fsp3) is 0.143. The van der Waals surface area contributed by atoms with Crippen molar-refractivity contribution >= 4 is 23.0 Å². The third-order valence-corrected chi connectivity index (χ3v) is 2.89. The van der Waals surface area contributed by atoms with Gasteiger partial charge in [-0.25, -0.2) is 4.98 Å². The van der Waals surface area contributed by atoms with Gasteiger partial charge in [0.2, 0.25) is 0 Å². The SMILES string of the molecule is COc1cccc(CNc2ccc(C(N)=S)cn2)c1. The Labute approximate surface area is 117 Å². The monoisotopic (exact) mass is 273 g/mol. The van der Waals surface area contributed by atoms with Gasteiger partial charge in [-0.1, -0.05) is 24.4 Å². The first-order valence-corrected chi connectivity index (χ1v) is 6.22. The smallest absolute Gasteiger partial charge is 0.126 e. The number of ether oxygens (including phenoxy) is 1. The molecule has 4 nitrogen and oxygen atoms in total. The summed E-state index contributed by atoms with van der Waals surface area (Å²) in [5, 5.41) is 3.23. The summed E-state index contributed by atoms with van der Waals surface area (Å²) in [7, 11) is 1.66. The average molecular weight is 273 g/mol. The lowest BCUT2D eigenvalue weighted by atomic mass is 10.2. The van der Waals surface area contributed by atoms with Gasteiger partial charge in [0, 0.05) is 18.3 Å². The van der Waals surface area contributed by atoms with Gasteiger partial charge in [-0.2, -0.15) is 0 Å². The van der Waals surface area contributed by atoms with Crippen LogP contribution >= 0.6 is 12.2 Å². The van der Waals surface area contributed by atoms with Crippen molar-refractivity contribution in [1.29, 1.82) is 0 Å². The average Bonchev–Trinajstić information content (AvgIpc) is 2.46. The van der Waals surface area contributed by atoms with Gasteiger partial charge < -0.3 is 15.8 Å². The molecule has 0 spiro atoms. The molecule has 0 aliphatic rings. The Morgan fingerprint density at radius 1 is 1.37 bits per heavy atom.